The largest absolute Gasteiger partial charge is 0.495 e. The summed E-state index contributed by atoms with van der Waals surface area (Å²) in [6, 6.07) is 6.05. The van der Waals surface area contributed by atoms with Gasteiger partial charge in [0.1, 0.15) is 5.75 Å². The number of hydrogen-bond donors (Lipinski definition) is 2. The molecule has 0 heterocycles. The molecule has 104 valence electrons. The Morgan fingerprint density at radius 2 is 2.21 bits per heavy atom. The highest BCUT2D eigenvalue weighted by atomic mass is 16.5. The van der Waals surface area contributed by atoms with Gasteiger partial charge in [-0.05, 0) is 37.5 Å². The Balaban J connectivity index is 2.07. The van der Waals surface area contributed by atoms with Crippen LogP contribution in [0.1, 0.15) is 33.1 Å². The summed E-state index contributed by atoms with van der Waals surface area (Å²) < 4.78 is 5.35. The number of amides is 1. The van der Waals surface area contributed by atoms with E-state index in [4.69, 9.17) is 4.74 Å². The third kappa shape index (κ3) is 4.16. The van der Waals surface area contributed by atoms with Crippen molar-refractivity contribution in [2.75, 3.05) is 17.7 Å². The zero-order valence-corrected chi connectivity index (χ0v) is 11.8. The zero-order chi connectivity index (χ0) is 13.8. The molecule has 1 aromatic rings. The lowest BCUT2D eigenvalue weighted by Crippen LogP contribution is -2.16. The fourth-order valence-electron chi connectivity index (χ4n) is 2.28. The Hall–Kier alpha value is -1.71. The van der Waals surface area contributed by atoms with Crippen molar-refractivity contribution in [3.63, 3.8) is 0 Å². The lowest BCUT2D eigenvalue weighted by molar-refractivity contribution is -0.114. The van der Waals surface area contributed by atoms with Crippen LogP contribution in [0.2, 0.25) is 0 Å². The van der Waals surface area contributed by atoms with Crippen molar-refractivity contribution in [2.24, 2.45) is 5.92 Å². The number of ether oxygens (including phenoxy) is 1. The van der Waals surface area contributed by atoms with E-state index in [0.29, 0.717) is 6.04 Å². The molecule has 1 saturated carbocycles. The first-order valence-electron chi connectivity index (χ1n) is 6.80. The average molecular weight is 262 g/mol. The van der Waals surface area contributed by atoms with E-state index in [-0.39, 0.29) is 5.91 Å². The zero-order valence-electron chi connectivity index (χ0n) is 11.8. The number of carbonyl (C=O) groups excluding carboxylic acids is 1. The predicted molar refractivity (Wildman–Crippen MR) is 77.7 cm³/mol. The molecule has 0 aromatic heterocycles. The predicted octanol–water partition coefficient (Wildman–Crippen LogP) is 3.25. The maximum atomic E-state index is 11.1. The Kier molecular flexibility index (Phi) is 4.30. The molecule has 2 N–H and O–H groups in total. The van der Waals surface area contributed by atoms with Gasteiger partial charge in [0, 0.05) is 18.7 Å². The van der Waals surface area contributed by atoms with Crippen molar-refractivity contribution >= 4 is 17.3 Å². The summed E-state index contributed by atoms with van der Waals surface area (Å²) in [5.41, 5.74) is 1.72. The summed E-state index contributed by atoms with van der Waals surface area (Å²) in [7, 11) is 1.66. The molecule has 0 spiro atoms. The van der Waals surface area contributed by atoms with E-state index >= 15 is 0 Å². The highest BCUT2D eigenvalue weighted by Gasteiger charge is 2.23. The van der Waals surface area contributed by atoms with Crippen molar-refractivity contribution < 1.29 is 9.53 Å². The van der Waals surface area contributed by atoms with Crippen LogP contribution in [0.5, 0.6) is 5.75 Å². The van der Waals surface area contributed by atoms with Crippen LogP contribution in [-0.4, -0.2) is 19.1 Å². The summed E-state index contributed by atoms with van der Waals surface area (Å²) in [5, 5.41) is 6.26. The van der Waals surface area contributed by atoms with Crippen molar-refractivity contribution in [3.05, 3.63) is 18.2 Å². The molecule has 1 amide bonds. The van der Waals surface area contributed by atoms with Gasteiger partial charge in [-0.3, -0.25) is 4.79 Å². The van der Waals surface area contributed by atoms with Gasteiger partial charge < -0.3 is 15.4 Å². The first-order valence-corrected chi connectivity index (χ1v) is 6.80. The van der Waals surface area contributed by atoms with Crippen molar-refractivity contribution in [2.45, 2.75) is 39.2 Å². The van der Waals surface area contributed by atoms with Crippen LogP contribution in [0, 0.1) is 5.92 Å². The fourth-order valence-corrected chi connectivity index (χ4v) is 2.28. The van der Waals surface area contributed by atoms with Crippen LogP contribution in [-0.2, 0) is 4.79 Å². The van der Waals surface area contributed by atoms with Gasteiger partial charge in [-0.1, -0.05) is 12.8 Å². The molecule has 1 aliphatic rings. The van der Waals surface area contributed by atoms with Gasteiger partial charge in [0.25, 0.3) is 0 Å². The summed E-state index contributed by atoms with van der Waals surface area (Å²) in [6.45, 7) is 3.69. The van der Waals surface area contributed by atoms with E-state index < -0.39 is 0 Å². The molecule has 1 atom stereocenters. The molecule has 19 heavy (non-hydrogen) atoms. The van der Waals surface area contributed by atoms with Crippen molar-refractivity contribution in [1.82, 2.24) is 0 Å². The van der Waals surface area contributed by atoms with E-state index in [0.717, 1.165) is 23.0 Å². The number of hydrogen-bond acceptors (Lipinski definition) is 3. The number of nitrogens with one attached hydrogen (secondary N) is 2. The monoisotopic (exact) mass is 262 g/mol. The van der Waals surface area contributed by atoms with Crippen LogP contribution in [0.25, 0.3) is 0 Å². The van der Waals surface area contributed by atoms with E-state index in [1.807, 2.05) is 18.2 Å². The van der Waals surface area contributed by atoms with E-state index in [9.17, 15) is 4.79 Å². The Morgan fingerprint density at radius 3 is 2.79 bits per heavy atom. The van der Waals surface area contributed by atoms with Gasteiger partial charge in [0.15, 0.2) is 0 Å². The molecule has 0 bridgehead atoms. The van der Waals surface area contributed by atoms with E-state index in [1.165, 1.54) is 26.2 Å². The second-order valence-electron chi connectivity index (χ2n) is 5.32. The Labute approximate surface area is 114 Å². The maximum Gasteiger partial charge on any atom is 0.221 e. The summed E-state index contributed by atoms with van der Waals surface area (Å²) in [4.78, 5) is 11.1. The van der Waals surface area contributed by atoms with Crippen molar-refractivity contribution in [1.29, 1.82) is 0 Å². The molecule has 1 fully saturated rings. The van der Waals surface area contributed by atoms with Crippen molar-refractivity contribution in [3.8, 4) is 5.75 Å². The molecule has 1 aromatic carbocycles. The molecule has 0 saturated heterocycles. The van der Waals surface area contributed by atoms with Gasteiger partial charge in [-0.2, -0.15) is 0 Å². The van der Waals surface area contributed by atoms with Gasteiger partial charge >= 0.3 is 0 Å². The third-order valence-electron chi connectivity index (χ3n) is 3.31. The molecule has 1 aliphatic carbocycles. The molecular weight excluding hydrogens is 240 g/mol. The van der Waals surface area contributed by atoms with Gasteiger partial charge in [0.2, 0.25) is 5.91 Å². The quantitative estimate of drug-likeness (QED) is 0.827. The molecule has 1 unspecified atom stereocenters. The first-order chi connectivity index (χ1) is 9.08. The van der Waals surface area contributed by atoms with Gasteiger partial charge in [-0.25, -0.2) is 0 Å². The molecule has 4 nitrogen and oxygen atoms in total. The molecule has 2 rings (SSSR count). The first kappa shape index (κ1) is 13.7. The second-order valence-corrected chi connectivity index (χ2v) is 5.32. The smallest absolute Gasteiger partial charge is 0.221 e. The SMILES string of the molecule is COc1ccc(NC(C)=O)cc1NC(C)CC1CC1. The topological polar surface area (TPSA) is 50.4 Å². The lowest BCUT2D eigenvalue weighted by atomic mass is 10.1. The highest BCUT2D eigenvalue weighted by Crippen LogP contribution is 2.35. The number of anilines is 2. The number of rotatable bonds is 6. The minimum atomic E-state index is -0.0675. The van der Waals surface area contributed by atoms with Gasteiger partial charge in [-0.15, -0.1) is 0 Å². The molecular formula is C15H22N2O2. The summed E-state index contributed by atoms with van der Waals surface area (Å²) in [6.07, 6.45) is 3.90. The minimum Gasteiger partial charge on any atom is -0.495 e. The number of methoxy groups -OCH3 is 1. The third-order valence-corrected chi connectivity index (χ3v) is 3.31. The van der Waals surface area contributed by atoms with Crippen LogP contribution in [0.4, 0.5) is 11.4 Å². The lowest BCUT2D eigenvalue weighted by Gasteiger charge is -2.18. The summed E-state index contributed by atoms with van der Waals surface area (Å²) >= 11 is 0. The average Bonchev–Trinajstić information content (AvgIpc) is 3.12. The Morgan fingerprint density at radius 1 is 1.47 bits per heavy atom. The Bertz CT molecular complexity index is 455. The molecule has 0 aliphatic heterocycles. The summed E-state index contributed by atoms with van der Waals surface area (Å²) in [5.74, 6) is 1.62. The van der Waals surface area contributed by atoms with Crippen LogP contribution in [0.3, 0.4) is 0 Å². The van der Waals surface area contributed by atoms with E-state index in [1.54, 1.807) is 7.11 Å². The minimum absolute atomic E-state index is 0.0675. The standard InChI is InChI=1S/C15H22N2O2/c1-10(8-12-4-5-12)16-14-9-13(17-11(2)18)6-7-15(14)19-3/h6-7,9-10,12,16H,4-5,8H2,1-3H3,(H,17,18). The van der Waals surface area contributed by atoms with Crippen LogP contribution < -0.4 is 15.4 Å². The molecule has 4 heteroatoms. The van der Waals surface area contributed by atoms with E-state index in [2.05, 4.69) is 17.6 Å². The van der Waals surface area contributed by atoms with Crippen LogP contribution in [0.15, 0.2) is 18.2 Å². The van der Waals surface area contributed by atoms with Gasteiger partial charge in [0.05, 0.1) is 12.8 Å². The maximum absolute atomic E-state index is 11.1. The highest BCUT2D eigenvalue weighted by molar-refractivity contribution is 5.89. The number of carbonyl (C=O) groups is 1. The number of benzene rings is 1. The molecule has 0 radical (unpaired) electrons. The van der Waals surface area contributed by atoms with Crippen LogP contribution >= 0.6 is 0 Å². The fraction of sp³-hybridized carbons (Fsp3) is 0.533. The second kappa shape index (κ2) is 5.95. The normalized spacial score (nSPS) is 15.7.